The second kappa shape index (κ2) is 8.10. The SMILES string of the molecule is Cc1ccc(C)c(N2C(=O)c3ccc(C(=O)OCc4noc(-c5ccsc5)n4)cc3C2=O)c1. The van der Waals surface area contributed by atoms with Crippen molar-refractivity contribution < 1.29 is 23.6 Å². The fourth-order valence-corrected chi connectivity index (χ4v) is 4.21. The van der Waals surface area contributed by atoms with E-state index in [1.54, 1.807) is 6.07 Å². The third kappa shape index (κ3) is 3.72. The van der Waals surface area contributed by atoms with Gasteiger partial charge < -0.3 is 9.26 Å². The van der Waals surface area contributed by atoms with Crippen LogP contribution >= 0.6 is 11.3 Å². The molecule has 164 valence electrons. The van der Waals surface area contributed by atoms with Gasteiger partial charge in [0.2, 0.25) is 5.82 Å². The van der Waals surface area contributed by atoms with Gasteiger partial charge in [-0.3, -0.25) is 9.59 Å². The molecule has 0 fully saturated rings. The molecule has 0 saturated carbocycles. The van der Waals surface area contributed by atoms with Gasteiger partial charge in [-0.25, -0.2) is 9.69 Å². The van der Waals surface area contributed by atoms with Gasteiger partial charge in [-0.2, -0.15) is 16.3 Å². The number of esters is 1. The molecule has 0 spiro atoms. The minimum atomic E-state index is -0.662. The van der Waals surface area contributed by atoms with Crippen molar-refractivity contribution in [3.8, 4) is 11.5 Å². The highest BCUT2D eigenvalue weighted by Crippen LogP contribution is 2.32. The highest BCUT2D eigenvalue weighted by molar-refractivity contribution is 7.08. The van der Waals surface area contributed by atoms with Crippen LogP contribution in [-0.2, 0) is 11.3 Å². The lowest BCUT2D eigenvalue weighted by Crippen LogP contribution is -2.30. The molecule has 2 amide bonds. The van der Waals surface area contributed by atoms with Crippen molar-refractivity contribution in [3.05, 3.63) is 86.9 Å². The monoisotopic (exact) mass is 459 g/mol. The van der Waals surface area contributed by atoms with Crippen molar-refractivity contribution in [3.63, 3.8) is 0 Å². The number of amides is 2. The van der Waals surface area contributed by atoms with E-state index in [9.17, 15) is 14.4 Å². The third-order valence-corrected chi connectivity index (χ3v) is 5.98. The van der Waals surface area contributed by atoms with Gasteiger partial charge >= 0.3 is 5.97 Å². The first-order valence-electron chi connectivity index (χ1n) is 10.0. The zero-order valence-corrected chi connectivity index (χ0v) is 18.5. The molecule has 0 unspecified atom stereocenters. The molecule has 0 N–H and O–H groups in total. The number of hydrogen-bond donors (Lipinski definition) is 0. The van der Waals surface area contributed by atoms with Crippen LogP contribution in [0.4, 0.5) is 5.69 Å². The zero-order valence-electron chi connectivity index (χ0n) is 17.7. The Balaban J connectivity index is 1.34. The fraction of sp³-hybridized carbons (Fsp3) is 0.125. The van der Waals surface area contributed by atoms with E-state index in [1.165, 1.54) is 29.5 Å². The average molecular weight is 459 g/mol. The molecule has 9 heteroatoms. The zero-order chi connectivity index (χ0) is 23.1. The maximum atomic E-state index is 13.1. The van der Waals surface area contributed by atoms with E-state index in [0.717, 1.165) is 21.6 Å². The molecule has 5 rings (SSSR count). The predicted octanol–water partition coefficient (Wildman–Crippen LogP) is 4.57. The summed E-state index contributed by atoms with van der Waals surface area (Å²) in [5, 5.41) is 7.57. The quantitative estimate of drug-likeness (QED) is 0.318. The number of aryl methyl sites for hydroxylation is 2. The van der Waals surface area contributed by atoms with Gasteiger partial charge in [0.25, 0.3) is 17.7 Å². The first-order valence-corrected chi connectivity index (χ1v) is 11.0. The van der Waals surface area contributed by atoms with Crippen LogP contribution in [0.25, 0.3) is 11.5 Å². The van der Waals surface area contributed by atoms with E-state index in [2.05, 4.69) is 10.1 Å². The number of anilines is 1. The normalized spacial score (nSPS) is 12.8. The summed E-state index contributed by atoms with van der Waals surface area (Å²) in [6.45, 7) is 3.54. The summed E-state index contributed by atoms with van der Waals surface area (Å²) in [6, 6.07) is 11.7. The second-order valence-corrected chi connectivity index (χ2v) is 8.38. The molecule has 0 bridgehead atoms. The van der Waals surface area contributed by atoms with E-state index in [1.807, 2.05) is 42.8 Å². The Kier molecular flexibility index (Phi) is 5.10. The van der Waals surface area contributed by atoms with Crippen LogP contribution in [0.15, 0.2) is 57.7 Å². The summed E-state index contributed by atoms with van der Waals surface area (Å²) in [5.41, 5.74) is 3.62. The molecular formula is C24H17N3O5S. The molecule has 4 aromatic rings. The number of benzene rings is 2. The molecule has 1 aliphatic rings. The summed E-state index contributed by atoms with van der Waals surface area (Å²) in [5.74, 6) is -0.994. The van der Waals surface area contributed by atoms with E-state index < -0.39 is 17.8 Å². The lowest BCUT2D eigenvalue weighted by atomic mass is 10.1. The van der Waals surface area contributed by atoms with Crippen molar-refractivity contribution >= 4 is 34.8 Å². The number of carbonyl (C=O) groups is 3. The smallest absolute Gasteiger partial charge is 0.338 e. The first-order chi connectivity index (χ1) is 15.9. The molecule has 2 aromatic carbocycles. The third-order valence-electron chi connectivity index (χ3n) is 5.30. The maximum Gasteiger partial charge on any atom is 0.338 e. The molecule has 33 heavy (non-hydrogen) atoms. The Bertz CT molecular complexity index is 1410. The molecule has 1 aliphatic heterocycles. The summed E-state index contributed by atoms with van der Waals surface area (Å²) in [6.07, 6.45) is 0. The molecule has 8 nitrogen and oxygen atoms in total. The van der Waals surface area contributed by atoms with E-state index in [4.69, 9.17) is 9.26 Å². The van der Waals surface area contributed by atoms with Gasteiger partial charge in [-0.15, -0.1) is 0 Å². The minimum Gasteiger partial charge on any atom is -0.454 e. The Morgan fingerprint density at radius 1 is 1.06 bits per heavy atom. The number of nitrogens with zero attached hydrogens (tertiary/aromatic N) is 3. The molecule has 3 heterocycles. The Morgan fingerprint density at radius 3 is 2.67 bits per heavy atom. The number of imide groups is 1. The van der Waals surface area contributed by atoms with Crippen LogP contribution in [0.2, 0.25) is 0 Å². The van der Waals surface area contributed by atoms with Gasteiger partial charge in [0, 0.05) is 5.38 Å². The maximum absolute atomic E-state index is 13.1. The summed E-state index contributed by atoms with van der Waals surface area (Å²) in [4.78, 5) is 43.9. The van der Waals surface area contributed by atoms with E-state index in [-0.39, 0.29) is 29.1 Å². The van der Waals surface area contributed by atoms with Crippen LogP contribution in [0.1, 0.15) is 48.0 Å². The van der Waals surface area contributed by atoms with Crippen molar-refractivity contribution in [2.24, 2.45) is 0 Å². The Hall–Kier alpha value is -4.11. The average Bonchev–Trinajstić information content (AvgIpc) is 3.55. The molecule has 2 aromatic heterocycles. The van der Waals surface area contributed by atoms with E-state index in [0.29, 0.717) is 11.6 Å². The van der Waals surface area contributed by atoms with Gasteiger partial charge in [-0.05, 0) is 60.7 Å². The molecule has 0 saturated heterocycles. The number of thiophene rings is 1. The van der Waals surface area contributed by atoms with Gasteiger partial charge in [-0.1, -0.05) is 17.3 Å². The first kappa shape index (κ1) is 20.8. The Morgan fingerprint density at radius 2 is 1.88 bits per heavy atom. The van der Waals surface area contributed by atoms with Gasteiger partial charge in [0.1, 0.15) is 0 Å². The number of hydrogen-bond acceptors (Lipinski definition) is 8. The summed E-state index contributed by atoms with van der Waals surface area (Å²) in [7, 11) is 0. The number of rotatable bonds is 5. The second-order valence-electron chi connectivity index (χ2n) is 7.60. The summed E-state index contributed by atoms with van der Waals surface area (Å²) < 4.78 is 10.5. The van der Waals surface area contributed by atoms with Gasteiger partial charge in [0.15, 0.2) is 6.61 Å². The van der Waals surface area contributed by atoms with Crippen LogP contribution in [-0.4, -0.2) is 27.9 Å². The Labute approximate surface area is 192 Å². The fourth-order valence-electron chi connectivity index (χ4n) is 3.58. The van der Waals surface area contributed by atoms with Crippen LogP contribution in [0.5, 0.6) is 0 Å². The largest absolute Gasteiger partial charge is 0.454 e. The lowest BCUT2D eigenvalue weighted by molar-refractivity contribution is 0.0459. The highest BCUT2D eigenvalue weighted by atomic mass is 32.1. The lowest BCUT2D eigenvalue weighted by Gasteiger charge is -2.17. The van der Waals surface area contributed by atoms with Gasteiger partial charge in [0.05, 0.1) is 27.9 Å². The van der Waals surface area contributed by atoms with Crippen LogP contribution < -0.4 is 4.90 Å². The van der Waals surface area contributed by atoms with Crippen molar-refractivity contribution in [1.82, 2.24) is 10.1 Å². The van der Waals surface area contributed by atoms with Crippen molar-refractivity contribution in [2.45, 2.75) is 20.5 Å². The number of carbonyl (C=O) groups excluding carboxylic acids is 3. The summed E-state index contributed by atoms with van der Waals surface area (Å²) >= 11 is 1.50. The van der Waals surface area contributed by atoms with Crippen molar-refractivity contribution in [2.75, 3.05) is 4.90 Å². The number of ether oxygens (including phenoxy) is 1. The molecule has 0 atom stereocenters. The minimum absolute atomic E-state index is 0.152. The van der Waals surface area contributed by atoms with Crippen LogP contribution in [0, 0.1) is 13.8 Å². The standard InChI is InChI=1S/C24H17N3O5S/c1-13-3-4-14(2)19(9-13)27-22(28)17-6-5-15(10-18(17)23(27)29)24(30)31-11-20-25-21(32-26-20)16-7-8-33-12-16/h3-10,12H,11H2,1-2H3. The molecule has 0 radical (unpaired) electrons. The molecular weight excluding hydrogens is 442 g/mol. The number of fused-ring (bicyclic) bond motifs is 1. The predicted molar refractivity (Wildman–Crippen MR) is 120 cm³/mol. The highest BCUT2D eigenvalue weighted by Gasteiger charge is 2.38. The molecule has 0 aliphatic carbocycles. The van der Waals surface area contributed by atoms with Crippen LogP contribution in [0.3, 0.4) is 0 Å². The van der Waals surface area contributed by atoms with E-state index >= 15 is 0 Å². The topological polar surface area (TPSA) is 103 Å². The number of aromatic nitrogens is 2. The van der Waals surface area contributed by atoms with Crippen molar-refractivity contribution in [1.29, 1.82) is 0 Å².